The van der Waals surface area contributed by atoms with Crippen molar-refractivity contribution in [3.05, 3.63) is 58.7 Å². The van der Waals surface area contributed by atoms with Crippen molar-refractivity contribution >= 4 is 11.7 Å². The number of nitrogens with one attached hydrogen (secondary N) is 1. The quantitative estimate of drug-likeness (QED) is 0.786. The van der Waals surface area contributed by atoms with Gasteiger partial charge >= 0.3 is 0 Å². The third-order valence-corrected chi connectivity index (χ3v) is 4.05. The normalized spacial score (nSPS) is 10.2. The zero-order valence-electron chi connectivity index (χ0n) is 15.0. The summed E-state index contributed by atoms with van der Waals surface area (Å²) in [5.74, 6) is 1.20. The van der Waals surface area contributed by atoms with Crippen LogP contribution in [0.2, 0.25) is 0 Å². The molecule has 0 bridgehead atoms. The maximum Gasteiger partial charge on any atom is 0.251 e. The first-order chi connectivity index (χ1) is 12.0. The Bertz CT molecular complexity index is 783. The third kappa shape index (κ3) is 4.59. The van der Waals surface area contributed by atoms with Crippen LogP contribution in [0, 0.1) is 6.92 Å². The van der Waals surface area contributed by atoms with Crippen molar-refractivity contribution in [3.8, 4) is 11.5 Å². The van der Waals surface area contributed by atoms with Crippen LogP contribution < -0.4 is 14.8 Å². The van der Waals surface area contributed by atoms with Gasteiger partial charge in [0.2, 0.25) is 0 Å². The van der Waals surface area contributed by atoms with E-state index in [1.807, 2.05) is 25.1 Å². The van der Waals surface area contributed by atoms with Crippen LogP contribution in [0.3, 0.4) is 0 Å². The van der Waals surface area contributed by atoms with Gasteiger partial charge in [0.05, 0.1) is 14.2 Å². The fraction of sp³-hybridized carbons (Fsp3) is 0.300. The second-order valence-corrected chi connectivity index (χ2v) is 5.77. The van der Waals surface area contributed by atoms with E-state index in [2.05, 4.69) is 5.32 Å². The number of carbonyl (C=O) groups excluding carboxylic acids is 2. The molecule has 2 rings (SSSR count). The van der Waals surface area contributed by atoms with Crippen LogP contribution in [-0.2, 0) is 6.42 Å². The minimum atomic E-state index is -0.199. The lowest BCUT2D eigenvalue weighted by Gasteiger charge is -2.11. The molecule has 5 heteroatoms. The molecule has 1 amide bonds. The first-order valence-corrected chi connectivity index (χ1v) is 8.07. The molecule has 2 aromatic carbocycles. The van der Waals surface area contributed by atoms with Crippen molar-refractivity contribution < 1.29 is 19.1 Å². The molecule has 0 atom stereocenters. The zero-order valence-corrected chi connectivity index (χ0v) is 15.0. The highest BCUT2D eigenvalue weighted by Gasteiger charge is 2.11. The fourth-order valence-corrected chi connectivity index (χ4v) is 2.61. The van der Waals surface area contributed by atoms with Gasteiger partial charge in [0.15, 0.2) is 5.78 Å². The Morgan fingerprint density at radius 1 is 1.04 bits per heavy atom. The minimum absolute atomic E-state index is 0.0462. The van der Waals surface area contributed by atoms with Crippen molar-refractivity contribution in [2.75, 3.05) is 20.8 Å². The largest absolute Gasteiger partial charge is 0.497 e. The standard InChI is InChI=1S/C20H23NO4/c1-13-5-6-16(11-18(13)14(2)22)20(23)21-10-9-15-7-8-17(24-3)12-19(15)25-4/h5-8,11-12H,9-10H2,1-4H3,(H,21,23). The highest BCUT2D eigenvalue weighted by Crippen LogP contribution is 2.24. The SMILES string of the molecule is COc1ccc(CCNC(=O)c2ccc(C)c(C(C)=O)c2)c(OC)c1. The lowest BCUT2D eigenvalue weighted by molar-refractivity contribution is 0.0954. The molecule has 0 aliphatic carbocycles. The van der Waals surface area contributed by atoms with E-state index in [9.17, 15) is 9.59 Å². The Labute approximate surface area is 148 Å². The molecule has 0 fully saturated rings. The van der Waals surface area contributed by atoms with E-state index in [1.165, 1.54) is 6.92 Å². The van der Waals surface area contributed by atoms with Crippen molar-refractivity contribution in [3.63, 3.8) is 0 Å². The van der Waals surface area contributed by atoms with E-state index in [-0.39, 0.29) is 11.7 Å². The Morgan fingerprint density at radius 2 is 1.80 bits per heavy atom. The maximum atomic E-state index is 12.3. The van der Waals surface area contributed by atoms with Crippen LogP contribution in [0.5, 0.6) is 11.5 Å². The number of benzene rings is 2. The second-order valence-electron chi connectivity index (χ2n) is 5.77. The van der Waals surface area contributed by atoms with Crippen LogP contribution in [0.4, 0.5) is 0 Å². The summed E-state index contributed by atoms with van der Waals surface area (Å²) in [6, 6.07) is 10.8. The number of hydrogen-bond acceptors (Lipinski definition) is 4. The van der Waals surface area contributed by atoms with Crippen molar-refractivity contribution in [2.24, 2.45) is 0 Å². The minimum Gasteiger partial charge on any atom is -0.497 e. The van der Waals surface area contributed by atoms with Gasteiger partial charge in [0, 0.05) is 23.7 Å². The molecular weight excluding hydrogens is 318 g/mol. The summed E-state index contributed by atoms with van der Waals surface area (Å²) in [4.78, 5) is 23.9. The number of ketones is 1. The van der Waals surface area contributed by atoms with Crippen LogP contribution >= 0.6 is 0 Å². The molecule has 0 saturated heterocycles. The lowest BCUT2D eigenvalue weighted by Crippen LogP contribution is -2.26. The fourth-order valence-electron chi connectivity index (χ4n) is 2.61. The van der Waals surface area contributed by atoms with Gasteiger partial charge in [-0.1, -0.05) is 12.1 Å². The third-order valence-electron chi connectivity index (χ3n) is 4.05. The first kappa shape index (κ1) is 18.5. The van der Waals surface area contributed by atoms with Gasteiger partial charge in [-0.15, -0.1) is 0 Å². The van der Waals surface area contributed by atoms with Gasteiger partial charge in [0.25, 0.3) is 5.91 Å². The number of amides is 1. The summed E-state index contributed by atoms with van der Waals surface area (Å²) in [7, 11) is 3.21. The van der Waals surface area contributed by atoms with Gasteiger partial charge in [-0.05, 0) is 49.6 Å². The maximum absolute atomic E-state index is 12.3. The number of ether oxygens (including phenoxy) is 2. The summed E-state index contributed by atoms with van der Waals surface area (Å²) < 4.78 is 10.5. The van der Waals surface area contributed by atoms with Gasteiger partial charge in [-0.25, -0.2) is 0 Å². The lowest BCUT2D eigenvalue weighted by atomic mass is 10.0. The number of hydrogen-bond donors (Lipinski definition) is 1. The number of Topliss-reactive ketones (excluding diaryl/α,β-unsaturated/α-hetero) is 1. The van der Waals surface area contributed by atoms with Gasteiger partial charge in [0.1, 0.15) is 11.5 Å². The summed E-state index contributed by atoms with van der Waals surface area (Å²) in [6.07, 6.45) is 0.629. The van der Waals surface area contributed by atoms with E-state index < -0.39 is 0 Å². The van der Waals surface area contributed by atoms with Crippen LogP contribution in [-0.4, -0.2) is 32.5 Å². The van der Waals surface area contributed by atoms with E-state index in [0.29, 0.717) is 24.1 Å². The summed E-state index contributed by atoms with van der Waals surface area (Å²) in [6.45, 7) is 3.82. The molecule has 0 aromatic heterocycles. The molecule has 5 nitrogen and oxygen atoms in total. The van der Waals surface area contributed by atoms with E-state index >= 15 is 0 Å². The summed E-state index contributed by atoms with van der Waals surface area (Å²) in [5.41, 5.74) is 2.91. The van der Waals surface area contributed by atoms with E-state index in [0.717, 1.165) is 22.6 Å². The molecule has 0 aliphatic rings. The van der Waals surface area contributed by atoms with Gasteiger partial charge in [-0.3, -0.25) is 9.59 Å². The van der Waals surface area contributed by atoms with Crippen LogP contribution in [0.1, 0.15) is 38.8 Å². The van der Waals surface area contributed by atoms with Crippen molar-refractivity contribution in [1.29, 1.82) is 0 Å². The van der Waals surface area contributed by atoms with Gasteiger partial charge < -0.3 is 14.8 Å². The Morgan fingerprint density at radius 3 is 2.44 bits per heavy atom. The molecule has 1 N–H and O–H groups in total. The molecule has 0 saturated carbocycles. The van der Waals surface area contributed by atoms with Crippen molar-refractivity contribution in [2.45, 2.75) is 20.3 Å². The first-order valence-electron chi connectivity index (χ1n) is 8.07. The predicted octanol–water partition coefficient (Wildman–Crippen LogP) is 3.19. The molecule has 132 valence electrons. The smallest absolute Gasteiger partial charge is 0.251 e. The van der Waals surface area contributed by atoms with Crippen LogP contribution in [0.15, 0.2) is 36.4 Å². The van der Waals surface area contributed by atoms with Crippen LogP contribution in [0.25, 0.3) is 0 Å². The molecule has 0 heterocycles. The number of rotatable bonds is 7. The molecule has 0 radical (unpaired) electrons. The number of methoxy groups -OCH3 is 2. The molecular formula is C20H23NO4. The number of aryl methyl sites for hydroxylation is 1. The van der Waals surface area contributed by atoms with Gasteiger partial charge in [-0.2, -0.15) is 0 Å². The highest BCUT2D eigenvalue weighted by atomic mass is 16.5. The molecule has 25 heavy (non-hydrogen) atoms. The molecule has 0 spiro atoms. The Balaban J connectivity index is 2.01. The zero-order chi connectivity index (χ0) is 18.4. The van der Waals surface area contributed by atoms with E-state index in [1.54, 1.807) is 32.4 Å². The molecule has 0 unspecified atom stereocenters. The summed E-state index contributed by atoms with van der Waals surface area (Å²) in [5, 5.41) is 2.88. The Hall–Kier alpha value is -2.82. The average Bonchev–Trinajstić information content (AvgIpc) is 2.61. The van der Waals surface area contributed by atoms with Crippen molar-refractivity contribution in [1.82, 2.24) is 5.32 Å². The highest BCUT2D eigenvalue weighted by molar-refractivity contribution is 6.00. The number of carbonyl (C=O) groups is 2. The average molecular weight is 341 g/mol. The molecule has 2 aromatic rings. The predicted molar refractivity (Wildman–Crippen MR) is 96.8 cm³/mol. The van der Waals surface area contributed by atoms with E-state index in [4.69, 9.17) is 9.47 Å². The molecule has 0 aliphatic heterocycles. The topological polar surface area (TPSA) is 64.6 Å². The Kier molecular flexibility index (Phi) is 6.17. The summed E-state index contributed by atoms with van der Waals surface area (Å²) >= 11 is 0. The second kappa shape index (κ2) is 8.33. The monoisotopic (exact) mass is 341 g/mol.